The first-order chi connectivity index (χ1) is 24.3. The highest BCUT2D eigenvalue weighted by molar-refractivity contribution is 5.75. The van der Waals surface area contributed by atoms with Gasteiger partial charge >= 0.3 is 47.8 Å². The van der Waals surface area contributed by atoms with Crippen molar-refractivity contribution in [2.45, 2.75) is 26.2 Å². The zero-order chi connectivity index (χ0) is 39.1. The molecule has 52 heavy (non-hydrogen) atoms. The third-order valence-electron chi connectivity index (χ3n) is 6.61. The molecule has 0 aromatic carbocycles. The molecule has 0 atom stereocenters. The fourth-order valence-corrected chi connectivity index (χ4v) is 5.07. The summed E-state index contributed by atoms with van der Waals surface area (Å²) in [6.45, 7) is -7.34. The number of aliphatic carboxylic acids is 8. The van der Waals surface area contributed by atoms with Crippen LogP contribution in [0.3, 0.4) is 0 Å². The third kappa shape index (κ3) is 16.5. The molecule has 2 aromatic heterocycles. The molecule has 0 aliphatic heterocycles. The van der Waals surface area contributed by atoms with Crippen LogP contribution in [0.15, 0.2) is 24.3 Å². The molecule has 2 heterocycles. The van der Waals surface area contributed by atoms with E-state index in [2.05, 4.69) is 9.97 Å². The molecular weight excluding hydrogens is 700 g/mol. The molecule has 0 aliphatic rings. The van der Waals surface area contributed by atoms with Crippen molar-refractivity contribution >= 4 is 47.8 Å². The van der Waals surface area contributed by atoms with Gasteiger partial charge in [0.05, 0.1) is 75.1 Å². The Balaban J connectivity index is 2.83. The van der Waals surface area contributed by atoms with E-state index in [9.17, 15) is 79.2 Å². The SMILES string of the molecule is O=C(O)CN(CC(=O)O)Cc1cc(-c2cc(CN(CC(=O)O)CC(=O)O)nc(CN(CC(=O)O)CC(=O)O)c2)cc(CN(CC(=O)O)CC(=O)O)n1. The summed E-state index contributed by atoms with van der Waals surface area (Å²) in [5.41, 5.74) is 0.670. The molecule has 22 heteroatoms. The topological polar surface area (TPSA) is 337 Å². The largest absolute Gasteiger partial charge is 0.480 e. The van der Waals surface area contributed by atoms with Gasteiger partial charge in [0.15, 0.2) is 0 Å². The molecule has 0 fully saturated rings. The number of aromatic nitrogens is 2. The predicted molar refractivity (Wildman–Crippen MR) is 170 cm³/mol. The lowest BCUT2D eigenvalue weighted by Crippen LogP contribution is -2.35. The Morgan fingerprint density at radius 1 is 0.346 bits per heavy atom. The maximum absolute atomic E-state index is 11.5. The van der Waals surface area contributed by atoms with E-state index in [1.54, 1.807) is 0 Å². The van der Waals surface area contributed by atoms with Crippen LogP contribution in [0, 0.1) is 0 Å². The second kappa shape index (κ2) is 19.9. The Morgan fingerprint density at radius 3 is 0.635 bits per heavy atom. The fraction of sp³-hybridized carbons (Fsp3) is 0.400. The number of pyridine rings is 2. The molecule has 0 radical (unpaired) electrons. The van der Waals surface area contributed by atoms with E-state index in [4.69, 9.17) is 0 Å². The lowest BCUT2D eigenvalue weighted by Gasteiger charge is -2.22. The lowest BCUT2D eigenvalue weighted by atomic mass is 10.0. The summed E-state index contributed by atoms with van der Waals surface area (Å²) in [6, 6.07) is 5.61. The highest BCUT2D eigenvalue weighted by atomic mass is 16.4. The zero-order valence-electron chi connectivity index (χ0n) is 27.3. The highest BCUT2D eigenvalue weighted by Crippen LogP contribution is 2.25. The van der Waals surface area contributed by atoms with E-state index >= 15 is 0 Å². The van der Waals surface area contributed by atoms with Gasteiger partial charge in [-0.2, -0.15) is 0 Å². The normalized spacial score (nSPS) is 11.2. The summed E-state index contributed by atoms with van der Waals surface area (Å²) in [5.74, 6) is -10.9. The molecule has 8 N–H and O–H groups in total. The van der Waals surface area contributed by atoms with Crippen LogP contribution in [-0.2, 0) is 64.5 Å². The van der Waals surface area contributed by atoms with Gasteiger partial charge in [0.2, 0.25) is 0 Å². The minimum Gasteiger partial charge on any atom is -0.480 e. The van der Waals surface area contributed by atoms with E-state index in [1.807, 2.05) is 0 Å². The molecule has 2 aromatic rings. The first kappa shape index (κ1) is 42.1. The van der Waals surface area contributed by atoms with Gasteiger partial charge in [-0.15, -0.1) is 0 Å². The van der Waals surface area contributed by atoms with Crippen molar-refractivity contribution < 1.29 is 79.2 Å². The van der Waals surface area contributed by atoms with Gasteiger partial charge in [-0.05, 0) is 35.4 Å². The summed E-state index contributed by atoms with van der Waals surface area (Å²) < 4.78 is 0. The van der Waals surface area contributed by atoms with Gasteiger partial charge in [0.25, 0.3) is 0 Å². The van der Waals surface area contributed by atoms with Crippen molar-refractivity contribution in [3.8, 4) is 11.1 Å². The van der Waals surface area contributed by atoms with Crippen LogP contribution < -0.4 is 0 Å². The molecular formula is C30H36N6O16. The van der Waals surface area contributed by atoms with Crippen LogP contribution in [0.1, 0.15) is 22.8 Å². The second-order valence-corrected chi connectivity index (χ2v) is 11.4. The monoisotopic (exact) mass is 736 g/mol. The molecule has 0 amide bonds. The highest BCUT2D eigenvalue weighted by Gasteiger charge is 2.22. The summed E-state index contributed by atoms with van der Waals surface area (Å²) in [6.07, 6.45) is 0. The van der Waals surface area contributed by atoms with Crippen molar-refractivity contribution in [1.29, 1.82) is 0 Å². The lowest BCUT2D eigenvalue weighted by molar-refractivity contribution is -0.144. The van der Waals surface area contributed by atoms with Crippen molar-refractivity contribution in [3.05, 3.63) is 47.0 Å². The average Bonchev–Trinajstić information content (AvgIpc) is 2.94. The summed E-state index contributed by atoms with van der Waals surface area (Å²) in [5, 5.41) is 74.7. The molecule has 0 unspecified atom stereocenters. The molecule has 282 valence electrons. The molecule has 0 saturated carbocycles. The first-order valence-electron chi connectivity index (χ1n) is 14.9. The zero-order valence-corrected chi connectivity index (χ0v) is 27.3. The minimum absolute atomic E-state index is 0.0530. The smallest absolute Gasteiger partial charge is 0.317 e. The van der Waals surface area contributed by atoms with Crippen LogP contribution in [0.25, 0.3) is 11.1 Å². The van der Waals surface area contributed by atoms with Gasteiger partial charge in [0, 0.05) is 26.2 Å². The van der Waals surface area contributed by atoms with E-state index in [-0.39, 0.29) is 60.1 Å². The Bertz CT molecular complexity index is 1390. The number of hydrogen-bond acceptors (Lipinski definition) is 14. The maximum Gasteiger partial charge on any atom is 0.317 e. The molecule has 0 saturated heterocycles. The van der Waals surface area contributed by atoms with Crippen molar-refractivity contribution in [2.24, 2.45) is 0 Å². The standard InChI is InChI=1S/C30H36N6O16/c37-23(38)9-33(10-24(39)40)5-19-1-17(2-20(31-19)6-34(11-25(41)42)12-26(43)44)18-3-21(7-35(13-27(45)46)14-28(47)48)32-22(4-18)8-36(15-29(49)50)16-30(51)52/h1-4H,5-16H2,(H,37,38)(H,39,40)(H,41,42)(H,43,44)(H,45,46)(H,47,48)(H,49,50)(H,51,52). The quantitative estimate of drug-likeness (QED) is 0.0548. The number of hydrogen-bond donors (Lipinski definition) is 8. The van der Waals surface area contributed by atoms with Crippen LogP contribution >= 0.6 is 0 Å². The summed E-state index contributed by atoms with van der Waals surface area (Å²) >= 11 is 0. The summed E-state index contributed by atoms with van der Waals surface area (Å²) in [4.78, 5) is 105. The average molecular weight is 737 g/mol. The Morgan fingerprint density at radius 2 is 0.500 bits per heavy atom. The first-order valence-corrected chi connectivity index (χ1v) is 14.9. The van der Waals surface area contributed by atoms with Gasteiger partial charge in [-0.3, -0.25) is 67.9 Å². The number of carboxylic acid groups (broad SMARTS) is 8. The van der Waals surface area contributed by atoms with Crippen LogP contribution in [0.2, 0.25) is 0 Å². The van der Waals surface area contributed by atoms with E-state index < -0.39 is 100 Å². The molecule has 0 spiro atoms. The number of nitrogens with zero attached hydrogens (tertiary/aromatic N) is 6. The number of carboxylic acids is 8. The van der Waals surface area contributed by atoms with Gasteiger partial charge in [-0.25, -0.2) is 0 Å². The Labute approximate surface area is 293 Å². The Hall–Kier alpha value is -6.10. The van der Waals surface area contributed by atoms with Crippen molar-refractivity contribution in [2.75, 3.05) is 52.4 Å². The van der Waals surface area contributed by atoms with Gasteiger partial charge in [-0.1, -0.05) is 0 Å². The molecule has 0 bridgehead atoms. The van der Waals surface area contributed by atoms with Gasteiger partial charge in [0.1, 0.15) is 0 Å². The minimum atomic E-state index is -1.37. The predicted octanol–water partition coefficient (Wildman–Crippen LogP) is -1.97. The van der Waals surface area contributed by atoms with Crippen molar-refractivity contribution in [1.82, 2.24) is 29.6 Å². The van der Waals surface area contributed by atoms with Crippen LogP contribution in [0.4, 0.5) is 0 Å². The summed E-state index contributed by atoms with van der Waals surface area (Å²) in [7, 11) is 0. The number of carbonyl (C=O) groups is 8. The molecule has 22 nitrogen and oxygen atoms in total. The van der Waals surface area contributed by atoms with Crippen LogP contribution in [0.5, 0.6) is 0 Å². The Kier molecular flexibility index (Phi) is 16.1. The van der Waals surface area contributed by atoms with E-state index in [1.165, 1.54) is 24.3 Å². The fourth-order valence-electron chi connectivity index (χ4n) is 5.07. The van der Waals surface area contributed by atoms with E-state index in [0.717, 1.165) is 19.6 Å². The molecule has 0 aliphatic carbocycles. The van der Waals surface area contributed by atoms with E-state index in [0.29, 0.717) is 0 Å². The maximum atomic E-state index is 11.5. The second-order valence-electron chi connectivity index (χ2n) is 11.4. The van der Waals surface area contributed by atoms with Crippen molar-refractivity contribution in [3.63, 3.8) is 0 Å². The van der Waals surface area contributed by atoms with Gasteiger partial charge < -0.3 is 40.9 Å². The molecule has 2 rings (SSSR count). The van der Waals surface area contributed by atoms with Crippen LogP contribution in [-0.4, -0.2) is 171 Å². The third-order valence-corrected chi connectivity index (χ3v) is 6.61. The number of rotatable bonds is 25.